The third kappa shape index (κ3) is 4.83. The first kappa shape index (κ1) is 22.1. The summed E-state index contributed by atoms with van der Waals surface area (Å²) in [5.74, 6) is 1.51. The molecule has 176 valence electrons. The molecule has 0 radical (unpaired) electrons. The highest BCUT2D eigenvalue weighted by atomic mass is 16.2. The Labute approximate surface area is 197 Å². The van der Waals surface area contributed by atoms with Gasteiger partial charge in [-0.25, -0.2) is 9.97 Å². The molecule has 2 atom stereocenters. The molecule has 4 heterocycles. The van der Waals surface area contributed by atoms with E-state index in [0.29, 0.717) is 24.2 Å². The number of aromatic nitrogens is 2. The van der Waals surface area contributed by atoms with Gasteiger partial charge in [0, 0.05) is 62.9 Å². The SMILES string of the molecule is CC1CCN(c2ncc(C(=O)N3Cc4ccccc4NCC[C@@H]4CC[C@H](C3)N4C)cn2)CC1. The Balaban J connectivity index is 1.38. The molecule has 7 heteroatoms. The number of para-hydroxylation sites is 1. The minimum absolute atomic E-state index is 0.0136. The summed E-state index contributed by atoms with van der Waals surface area (Å²) in [5, 5.41) is 3.62. The lowest BCUT2D eigenvalue weighted by molar-refractivity contribution is 0.0688. The summed E-state index contributed by atoms with van der Waals surface area (Å²) in [5.41, 5.74) is 2.86. The van der Waals surface area contributed by atoms with Gasteiger partial charge in [0.05, 0.1) is 5.56 Å². The summed E-state index contributed by atoms with van der Waals surface area (Å²) in [6.45, 7) is 6.54. The van der Waals surface area contributed by atoms with E-state index < -0.39 is 0 Å². The number of fused-ring (bicyclic) bond motifs is 3. The van der Waals surface area contributed by atoms with Crippen molar-refractivity contribution in [2.75, 3.05) is 43.4 Å². The summed E-state index contributed by atoms with van der Waals surface area (Å²) in [7, 11) is 2.22. The molecule has 7 nitrogen and oxygen atoms in total. The number of piperidine rings is 1. The molecule has 1 aromatic heterocycles. The molecule has 3 aliphatic rings. The molecular formula is C26H36N6O. The van der Waals surface area contributed by atoms with Gasteiger partial charge in [-0.3, -0.25) is 9.69 Å². The van der Waals surface area contributed by atoms with E-state index >= 15 is 0 Å². The highest BCUT2D eigenvalue weighted by molar-refractivity contribution is 5.93. The number of carbonyl (C=O) groups is 1. The van der Waals surface area contributed by atoms with Gasteiger partial charge in [0.2, 0.25) is 5.95 Å². The maximum Gasteiger partial charge on any atom is 0.257 e. The van der Waals surface area contributed by atoms with Crippen molar-refractivity contribution in [3.05, 3.63) is 47.8 Å². The fraction of sp³-hybridized carbons (Fsp3) is 0.577. The molecule has 0 unspecified atom stereocenters. The van der Waals surface area contributed by atoms with Gasteiger partial charge < -0.3 is 15.1 Å². The monoisotopic (exact) mass is 448 g/mol. The molecule has 3 aliphatic heterocycles. The molecule has 33 heavy (non-hydrogen) atoms. The van der Waals surface area contributed by atoms with E-state index in [1.807, 2.05) is 4.90 Å². The molecule has 2 bridgehead atoms. The van der Waals surface area contributed by atoms with Crippen molar-refractivity contribution in [3.63, 3.8) is 0 Å². The van der Waals surface area contributed by atoms with Crippen molar-refractivity contribution in [2.24, 2.45) is 5.92 Å². The van der Waals surface area contributed by atoms with Crippen molar-refractivity contribution in [2.45, 2.75) is 57.7 Å². The van der Waals surface area contributed by atoms with Gasteiger partial charge in [-0.15, -0.1) is 0 Å². The summed E-state index contributed by atoms with van der Waals surface area (Å²) in [4.78, 5) is 29.5. The lowest BCUT2D eigenvalue weighted by atomic mass is 10.00. The Hall–Kier alpha value is -2.67. The second-order valence-electron chi connectivity index (χ2n) is 10.1. The number of nitrogens with zero attached hydrogens (tertiary/aromatic N) is 5. The van der Waals surface area contributed by atoms with Gasteiger partial charge >= 0.3 is 0 Å². The molecule has 1 amide bonds. The molecule has 1 N–H and O–H groups in total. The Kier molecular flexibility index (Phi) is 6.49. The zero-order chi connectivity index (χ0) is 22.8. The standard InChI is InChI=1S/C26H36N6O/c1-19-10-13-31(14-11-19)26-28-15-21(16-29-26)25(33)32-17-20-5-3-4-6-24(20)27-12-9-22-7-8-23(18-32)30(22)2/h3-6,15-16,19,22-23,27H,7-14,17-18H2,1-2H3/t22-,23+/m0/s1. The second-order valence-corrected chi connectivity index (χ2v) is 10.1. The molecule has 0 spiro atoms. The number of hydrogen-bond donors (Lipinski definition) is 1. The first-order valence-corrected chi connectivity index (χ1v) is 12.5. The maximum atomic E-state index is 13.7. The van der Waals surface area contributed by atoms with E-state index in [0.717, 1.165) is 62.1 Å². The Morgan fingerprint density at radius 1 is 1.00 bits per heavy atom. The topological polar surface area (TPSA) is 64.6 Å². The fourth-order valence-electron chi connectivity index (χ4n) is 5.53. The van der Waals surface area contributed by atoms with E-state index in [9.17, 15) is 4.79 Å². The highest BCUT2D eigenvalue weighted by Gasteiger charge is 2.33. The van der Waals surface area contributed by atoms with Crippen LogP contribution >= 0.6 is 0 Å². The van der Waals surface area contributed by atoms with Crippen LogP contribution in [0.1, 0.15) is 54.9 Å². The number of benzene rings is 1. The minimum atomic E-state index is 0.0136. The van der Waals surface area contributed by atoms with Crippen LogP contribution in [0.15, 0.2) is 36.7 Å². The number of nitrogens with one attached hydrogen (secondary N) is 1. The van der Waals surface area contributed by atoms with Crippen molar-refractivity contribution in [3.8, 4) is 0 Å². The first-order chi connectivity index (χ1) is 16.1. The number of carbonyl (C=O) groups excluding carboxylic acids is 1. The Bertz CT molecular complexity index is 956. The second kappa shape index (κ2) is 9.67. The molecule has 5 rings (SSSR count). The fourth-order valence-corrected chi connectivity index (χ4v) is 5.53. The van der Waals surface area contributed by atoms with Crippen LogP contribution in [0, 0.1) is 5.92 Å². The predicted molar refractivity (Wildman–Crippen MR) is 132 cm³/mol. The van der Waals surface area contributed by atoms with Gasteiger partial charge in [-0.2, -0.15) is 0 Å². The Morgan fingerprint density at radius 2 is 1.73 bits per heavy atom. The summed E-state index contributed by atoms with van der Waals surface area (Å²) in [6.07, 6.45) is 9.23. The number of likely N-dealkylation sites (N-methyl/N-ethyl adjacent to an activating group) is 1. The third-order valence-electron chi connectivity index (χ3n) is 7.83. The third-order valence-corrected chi connectivity index (χ3v) is 7.83. The van der Waals surface area contributed by atoms with Crippen LogP contribution in [0.3, 0.4) is 0 Å². The quantitative estimate of drug-likeness (QED) is 0.757. The average Bonchev–Trinajstić information content (AvgIpc) is 3.17. The number of amides is 1. The van der Waals surface area contributed by atoms with Crippen molar-refractivity contribution in [1.82, 2.24) is 19.8 Å². The van der Waals surface area contributed by atoms with E-state index in [4.69, 9.17) is 0 Å². The van der Waals surface area contributed by atoms with Crippen LogP contribution in [0.25, 0.3) is 0 Å². The lowest BCUT2D eigenvalue weighted by Crippen LogP contribution is -2.43. The van der Waals surface area contributed by atoms with Crippen LogP contribution in [-0.2, 0) is 6.54 Å². The molecule has 0 aliphatic carbocycles. The van der Waals surface area contributed by atoms with Gasteiger partial charge in [0.15, 0.2) is 0 Å². The zero-order valence-electron chi connectivity index (χ0n) is 19.9. The smallest absolute Gasteiger partial charge is 0.257 e. The van der Waals surface area contributed by atoms with Gasteiger partial charge in [0.1, 0.15) is 0 Å². The largest absolute Gasteiger partial charge is 0.385 e. The summed E-state index contributed by atoms with van der Waals surface area (Å²) >= 11 is 0. The minimum Gasteiger partial charge on any atom is -0.385 e. The van der Waals surface area contributed by atoms with Crippen LogP contribution in [0.5, 0.6) is 0 Å². The van der Waals surface area contributed by atoms with Crippen LogP contribution < -0.4 is 10.2 Å². The molecule has 2 saturated heterocycles. The Morgan fingerprint density at radius 3 is 2.52 bits per heavy atom. The van der Waals surface area contributed by atoms with Gasteiger partial charge in [-0.1, -0.05) is 25.1 Å². The normalized spacial score (nSPS) is 24.7. The predicted octanol–water partition coefficient (Wildman–Crippen LogP) is 3.63. The van der Waals surface area contributed by atoms with E-state index in [2.05, 4.69) is 63.3 Å². The highest BCUT2D eigenvalue weighted by Crippen LogP contribution is 2.28. The van der Waals surface area contributed by atoms with Crippen LogP contribution in [-0.4, -0.2) is 71.0 Å². The van der Waals surface area contributed by atoms with Gasteiger partial charge in [0.25, 0.3) is 5.91 Å². The van der Waals surface area contributed by atoms with Crippen LogP contribution in [0.4, 0.5) is 11.6 Å². The number of anilines is 2. The van der Waals surface area contributed by atoms with Crippen molar-refractivity contribution < 1.29 is 4.79 Å². The molecule has 0 saturated carbocycles. The van der Waals surface area contributed by atoms with E-state index in [1.54, 1.807) is 12.4 Å². The van der Waals surface area contributed by atoms with Crippen molar-refractivity contribution >= 4 is 17.5 Å². The molecule has 2 aromatic rings. The van der Waals surface area contributed by atoms with Gasteiger partial charge in [-0.05, 0) is 56.7 Å². The molecule has 2 fully saturated rings. The molecular weight excluding hydrogens is 412 g/mol. The zero-order valence-corrected chi connectivity index (χ0v) is 19.9. The van der Waals surface area contributed by atoms with E-state index in [-0.39, 0.29) is 5.91 Å². The number of hydrogen-bond acceptors (Lipinski definition) is 6. The summed E-state index contributed by atoms with van der Waals surface area (Å²) in [6, 6.07) is 9.32. The van der Waals surface area contributed by atoms with Crippen molar-refractivity contribution in [1.29, 1.82) is 0 Å². The summed E-state index contributed by atoms with van der Waals surface area (Å²) < 4.78 is 0. The van der Waals surface area contributed by atoms with E-state index in [1.165, 1.54) is 19.3 Å². The lowest BCUT2D eigenvalue weighted by Gasteiger charge is -2.31. The first-order valence-electron chi connectivity index (χ1n) is 12.5. The average molecular weight is 449 g/mol. The van der Waals surface area contributed by atoms with Crippen LogP contribution in [0.2, 0.25) is 0 Å². The number of rotatable bonds is 2. The molecule has 1 aromatic carbocycles. The maximum absolute atomic E-state index is 13.7.